The molecule has 1 heterocycles. The van der Waals surface area contributed by atoms with E-state index in [0.717, 1.165) is 24.8 Å². The zero-order valence-electron chi connectivity index (χ0n) is 11.8. The number of carbonyl (C=O) groups is 2. The zero-order chi connectivity index (χ0) is 14.9. The molecule has 1 aromatic carbocycles. The lowest BCUT2D eigenvalue weighted by atomic mass is 9.73. The van der Waals surface area contributed by atoms with Crippen LogP contribution in [0, 0.1) is 5.92 Å². The second-order valence-corrected chi connectivity index (χ2v) is 5.97. The van der Waals surface area contributed by atoms with Gasteiger partial charge >= 0.3 is 12.1 Å². The van der Waals surface area contributed by atoms with Crippen molar-refractivity contribution in [2.75, 3.05) is 6.54 Å². The van der Waals surface area contributed by atoms with Gasteiger partial charge in [0.2, 0.25) is 0 Å². The van der Waals surface area contributed by atoms with Gasteiger partial charge < -0.3 is 14.7 Å². The van der Waals surface area contributed by atoms with Gasteiger partial charge in [-0.05, 0) is 31.2 Å². The number of carboxylic acids is 1. The van der Waals surface area contributed by atoms with Gasteiger partial charge in [-0.3, -0.25) is 4.79 Å². The van der Waals surface area contributed by atoms with Crippen LogP contribution in [-0.4, -0.2) is 34.2 Å². The fraction of sp³-hybridized carbons (Fsp3) is 0.500. The van der Waals surface area contributed by atoms with E-state index >= 15 is 0 Å². The third-order valence-corrected chi connectivity index (χ3v) is 4.66. The largest absolute Gasteiger partial charge is 0.481 e. The molecular weight excluding hydrogens is 270 g/mol. The Labute approximate surface area is 123 Å². The highest BCUT2D eigenvalue weighted by Crippen LogP contribution is 2.47. The highest BCUT2D eigenvalue weighted by atomic mass is 16.6. The summed E-state index contributed by atoms with van der Waals surface area (Å²) in [6.45, 7) is 0.493. The minimum absolute atomic E-state index is 0.226. The lowest BCUT2D eigenvalue weighted by molar-refractivity contribution is -0.141. The predicted octanol–water partition coefficient (Wildman–Crippen LogP) is 2.65. The molecule has 1 aliphatic carbocycles. The van der Waals surface area contributed by atoms with E-state index in [1.54, 1.807) is 4.90 Å². The average Bonchev–Trinajstić information content (AvgIpc) is 2.87. The van der Waals surface area contributed by atoms with Crippen LogP contribution in [0.25, 0.3) is 0 Å². The topological polar surface area (TPSA) is 66.8 Å². The van der Waals surface area contributed by atoms with Crippen molar-refractivity contribution in [3.05, 3.63) is 35.9 Å². The second kappa shape index (κ2) is 5.39. The van der Waals surface area contributed by atoms with Crippen molar-refractivity contribution in [2.24, 2.45) is 5.92 Å². The maximum Gasteiger partial charge on any atom is 0.410 e. The first-order chi connectivity index (χ1) is 10.1. The Morgan fingerprint density at radius 1 is 1.29 bits per heavy atom. The quantitative estimate of drug-likeness (QED) is 0.929. The Bertz CT molecular complexity index is 538. The molecule has 2 fully saturated rings. The standard InChI is InChI=1S/C16H19NO4/c18-14(19)13-9-16(7-4-8-16)17(10-13)15(20)21-11-12-5-2-1-3-6-12/h1-3,5-6,13H,4,7-11H2,(H,18,19). The summed E-state index contributed by atoms with van der Waals surface area (Å²) in [5, 5.41) is 9.19. The molecule has 1 amide bonds. The Morgan fingerprint density at radius 2 is 2.00 bits per heavy atom. The Balaban J connectivity index is 1.64. The summed E-state index contributed by atoms with van der Waals surface area (Å²) in [5.74, 6) is -1.28. The summed E-state index contributed by atoms with van der Waals surface area (Å²) >= 11 is 0. The van der Waals surface area contributed by atoms with E-state index in [1.807, 2.05) is 30.3 Å². The van der Waals surface area contributed by atoms with Crippen molar-refractivity contribution in [1.29, 1.82) is 0 Å². The summed E-state index contributed by atoms with van der Waals surface area (Å²) < 4.78 is 5.37. The average molecular weight is 289 g/mol. The molecule has 0 bridgehead atoms. The van der Waals surface area contributed by atoms with Crippen LogP contribution in [0.3, 0.4) is 0 Å². The molecule has 1 spiro atoms. The Kier molecular flexibility index (Phi) is 3.57. The fourth-order valence-corrected chi connectivity index (χ4v) is 3.34. The molecule has 0 radical (unpaired) electrons. The number of likely N-dealkylation sites (tertiary alicyclic amines) is 1. The number of amides is 1. The van der Waals surface area contributed by atoms with E-state index < -0.39 is 11.9 Å². The van der Waals surface area contributed by atoms with Crippen LogP contribution < -0.4 is 0 Å². The van der Waals surface area contributed by atoms with Gasteiger partial charge in [0.15, 0.2) is 0 Å². The van der Waals surface area contributed by atoms with Crippen molar-refractivity contribution in [2.45, 2.75) is 37.8 Å². The van der Waals surface area contributed by atoms with Gasteiger partial charge in [0, 0.05) is 12.1 Å². The normalized spacial score (nSPS) is 22.9. The van der Waals surface area contributed by atoms with Crippen LogP contribution in [0.5, 0.6) is 0 Å². The van der Waals surface area contributed by atoms with Gasteiger partial charge in [0.1, 0.15) is 6.61 Å². The van der Waals surface area contributed by atoms with Crippen molar-refractivity contribution in [1.82, 2.24) is 4.90 Å². The molecule has 1 unspecified atom stereocenters. The molecule has 5 nitrogen and oxygen atoms in total. The Morgan fingerprint density at radius 3 is 2.57 bits per heavy atom. The summed E-state index contributed by atoms with van der Waals surface area (Å²) in [4.78, 5) is 25.2. The zero-order valence-corrected chi connectivity index (χ0v) is 11.8. The molecule has 0 aromatic heterocycles. The van der Waals surface area contributed by atoms with Crippen LogP contribution in [0.15, 0.2) is 30.3 Å². The highest BCUT2D eigenvalue weighted by molar-refractivity contribution is 5.75. The molecule has 3 rings (SSSR count). The third-order valence-electron chi connectivity index (χ3n) is 4.66. The maximum absolute atomic E-state index is 12.3. The van der Waals surface area contributed by atoms with E-state index in [2.05, 4.69) is 0 Å². The first-order valence-electron chi connectivity index (χ1n) is 7.32. The van der Waals surface area contributed by atoms with Crippen LogP contribution >= 0.6 is 0 Å². The predicted molar refractivity (Wildman–Crippen MR) is 75.7 cm³/mol. The molecule has 1 aliphatic heterocycles. The molecule has 1 saturated carbocycles. The van der Waals surface area contributed by atoms with Crippen molar-refractivity contribution in [3.8, 4) is 0 Å². The number of rotatable bonds is 3. The molecule has 1 saturated heterocycles. The van der Waals surface area contributed by atoms with E-state index in [4.69, 9.17) is 4.74 Å². The number of aliphatic carboxylic acids is 1. The van der Waals surface area contributed by atoms with Gasteiger partial charge in [0.25, 0.3) is 0 Å². The lowest BCUT2D eigenvalue weighted by Gasteiger charge is -2.44. The molecular formula is C16H19NO4. The summed E-state index contributed by atoms with van der Waals surface area (Å²) in [6, 6.07) is 9.50. The smallest absolute Gasteiger partial charge is 0.410 e. The van der Waals surface area contributed by atoms with Crippen LogP contribution in [0.4, 0.5) is 4.79 Å². The number of hydrogen-bond acceptors (Lipinski definition) is 3. The molecule has 1 aromatic rings. The lowest BCUT2D eigenvalue weighted by Crippen LogP contribution is -2.52. The number of hydrogen-bond donors (Lipinski definition) is 1. The van der Waals surface area contributed by atoms with Gasteiger partial charge in [-0.15, -0.1) is 0 Å². The van der Waals surface area contributed by atoms with Crippen LogP contribution in [0.2, 0.25) is 0 Å². The summed E-state index contributed by atoms with van der Waals surface area (Å²) in [7, 11) is 0. The molecule has 112 valence electrons. The minimum Gasteiger partial charge on any atom is -0.481 e. The van der Waals surface area contributed by atoms with Gasteiger partial charge in [0.05, 0.1) is 5.92 Å². The number of ether oxygens (including phenoxy) is 1. The van der Waals surface area contributed by atoms with Gasteiger partial charge in [-0.25, -0.2) is 4.79 Å². The number of carboxylic acid groups (broad SMARTS) is 1. The number of benzene rings is 1. The van der Waals surface area contributed by atoms with Gasteiger partial charge in [-0.2, -0.15) is 0 Å². The van der Waals surface area contributed by atoms with Crippen LogP contribution in [0.1, 0.15) is 31.2 Å². The first kappa shape index (κ1) is 13.9. The molecule has 1 N–H and O–H groups in total. The van der Waals surface area contributed by atoms with Crippen LogP contribution in [-0.2, 0) is 16.1 Å². The monoisotopic (exact) mass is 289 g/mol. The van der Waals surface area contributed by atoms with Crippen molar-refractivity contribution < 1.29 is 19.4 Å². The van der Waals surface area contributed by atoms with E-state index in [-0.39, 0.29) is 24.8 Å². The van der Waals surface area contributed by atoms with E-state index in [9.17, 15) is 14.7 Å². The van der Waals surface area contributed by atoms with E-state index in [1.165, 1.54) is 0 Å². The van der Waals surface area contributed by atoms with Crippen molar-refractivity contribution >= 4 is 12.1 Å². The maximum atomic E-state index is 12.3. The van der Waals surface area contributed by atoms with E-state index in [0.29, 0.717) is 6.42 Å². The molecule has 2 aliphatic rings. The summed E-state index contributed by atoms with van der Waals surface area (Å²) in [5.41, 5.74) is 0.666. The Hall–Kier alpha value is -2.04. The molecule has 5 heteroatoms. The molecule has 1 atom stereocenters. The summed E-state index contributed by atoms with van der Waals surface area (Å²) in [6.07, 6.45) is 2.99. The molecule has 21 heavy (non-hydrogen) atoms. The van der Waals surface area contributed by atoms with Gasteiger partial charge in [-0.1, -0.05) is 30.3 Å². The SMILES string of the molecule is O=C(O)C1CN(C(=O)OCc2ccccc2)C2(CCC2)C1. The van der Waals surface area contributed by atoms with Crippen molar-refractivity contribution in [3.63, 3.8) is 0 Å². The second-order valence-electron chi connectivity index (χ2n) is 5.97. The fourth-order valence-electron chi connectivity index (χ4n) is 3.34. The minimum atomic E-state index is -0.820. The number of nitrogens with zero attached hydrogens (tertiary/aromatic N) is 1. The first-order valence-corrected chi connectivity index (χ1v) is 7.32. The number of carbonyl (C=O) groups excluding carboxylic acids is 1. The third kappa shape index (κ3) is 2.60. The highest BCUT2D eigenvalue weighted by Gasteiger charge is 2.53.